The van der Waals surface area contributed by atoms with E-state index in [2.05, 4.69) is 23.8 Å². The largest absolute Gasteiger partial charge is 0.301 e. The average molecular weight is 287 g/mol. The van der Waals surface area contributed by atoms with Gasteiger partial charge in [0, 0.05) is 25.7 Å². The van der Waals surface area contributed by atoms with Crippen molar-refractivity contribution in [3.8, 4) is 0 Å². The Morgan fingerprint density at radius 2 is 2.22 bits per heavy atom. The summed E-state index contributed by atoms with van der Waals surface area (Å²) in [5, 5.41) is 0. The van der Waals surface area contributed by atoms with Crippen LogP contribution in [0.2, 0.25) is 4.34 Å². The summed E-state index contributed by atoms with van der Waals surface area (Å²) < 4.78 is 0.678. The van der Waals surface area contributed by atoms with Crippen LogP contribution in [0.15, 0.2) is 12.1 Å². The molecule has 1 aliphatic rings. The lowest BCUT2D eigenvalue weighted by atomic mass is 10.1. The van der Waals surface area contributed by atoms with Crippen molar-refractivity contribution < 1.29 is 4.79 Å². The summed E-state index contributed by atoms with van der Waals surface area (Å²) in [5.74, 6) is 0.184. The summed E-state index contributed by atoms with van der Waals surface area (Å²) in [6, 6.07) is 4.06. The van der Waals surface area contributed by atoms with Crippen LogP contribution >= 0.6 is 22.9 Å². The lowest BCUT2D eigenvalue weighted by Crippen LogP contribution is -2.54. The van der Waals surface area contributed by atoms with E-state index in [0.29, 0.717) is 10.4 Å². The summed E-state index contributed by atoms with van der Waals surface area (Å²) >= 11 is 7.25. The Hall–Kier alpha value is -0.420. The van der Waals surface area contributed by atoms with Crippen LogP contribution in [0.4, 0.5) is 0 Å². The highest BCUT2D eigenvalue weighted by molar-refractivity contribution is 7.18. The smallest absolute Gasteiger partial charge is 0.189 e. The van der Waals surface area contributed by atoms with E-state index in [0.717, 1.165) is 24.5 Å². The molecule has 2 heterocycles. The molecule has 2 rings (SSSR count). The molecule has 0 saturated carbocycles. The third-order valence-corrected chi connectivity index (χ3v) is 4.98. The molecular weight excluding hydrogens is 268 g/mol. The van der Waals surface area contributed by atoms with Crippen LogP contribution in [0.5, 0.6) is 0 Å². The number of hydrogen-bond acceptors (Lipinski definition) is 4. The van der Waals surface area contributed by atoms with E-state index in [1.807, 2.05) is 13.0 Å². The first-order valence-corrected chi connectivity index (χ1v) is 7.42. The normalized spacial score (nSPS) is 24.1. The molecule has 1 aliphatic heterocycles. The zero-order valence-corrected chi connectivity index (χ0v) is 12.6. The van der Waals surface area contributed by atoms with Crippen LogP contribution in [0.25, 0.3) is 0 Å². The molecule has 1 saturated heterocycles. The minimum absolute atomic E-state index is 0.0594. The van der Waals surface area contributed by atoms with Gasteiger partial charge in [-0.2, -0.15) is 0 Å². The topological polar surface area (TPSA) is 23.6 Å². The number of rotatable bonds is 3. The van der Waals surface area contributed by atoms with Gasteiger partial charge in [0.15, 0.2) is 5.78 Å². The van der Waals surface area contributed by atoms with Gasteiger partial charge in [0.2, 0.25) is 0 Å². The number of likely N-dealkylation sites (N-methyl/N-ethyl adjacent to an activating group) is 1. The van der Waals surface area contributed by atoms with E-state index >= 15 is 0 Å². The van der Waals surface area contributed by atoms with E-state index in [4.69, 9.17) is 11.6 Å². The fourth-order valence-corrected chi connectivity index (χ4v) is 3.31. The zero-order chi connectivity index (χ0) is 13.3. The third-order valence-electron chi connectivity index (χ3n) is 3.73. The second-order valence-electron chi connectivity index (χ2n) is 4.97. The number of nitrogens with zero attached hydrogens (tertiary/aromatic N) is 2. The minimum Gasteiger partial charge on any atom is -0.301 e. The quantitative estimate of drug-likeness (QED) is 0.798. The van der Waals surface area contributed by atoms with Gasteiger partial charge in [-0.3, -0.25) is 9.69 Å². The number of hydrogen-bond donors (Lipinski definition) is 0. The number of carbonyl (C=O) groups is 1. The van der Waals surface area contributed by atoms with Crippen molar-refractivity contribution in [2.24, 2.45) is 0 Å². The first-order valence-electron chi connectivity index (χ1n) is 6.23. The highest BCUT2D eigenvalue weighted by Crippen LogP contribution is 2.24. The maximum Gasteiger partial charge on any atom is 0.189 e. The molecule has 1 fully saturated rings. The Kier molecular flexibility index (Phi) is 4.43. The minimum atomic E-state index is -0.0594. The predicted molar refractivity (Wildman–Crippen MR) is 76.8 cm³/mol. The number of halogens is 1. The van der Waals surface area contributed by atoms with Crippen molar-refractivity contribution in [2.45, 2.75) is 25.9 Å². The molecule has 0 amide bonds. The molecule has 1 aromatic heterocycles. The molecule has 0 aliphatic carbocycles. The van der Waals surface area contributed by atoms with E-state index in [1.54, 1.807) is 6.07 Å². The van der Waals surface area contributed by atoms with Gasteiger partial charge in [0.1, 0.15) is 0 Å². The van der Waals surface area contributed by atoms with Crippen LogP contribution in [-0.4, -0.2) is 54.3 Å². The van der Waals surface area contributed by atoms with Gasteiger partial charge in [-0.1, -0.05) is 11.6 Å². The molecule has 100 valence electrons. The predicted octanol–water partition coefficient (Wildman–Crippen LogP) is 2.61. The molecule has 0 bridgehead atoms. The fraction of sp³-hybridized carbons (Fsp3) is 0.615. The molecule has 3 nitrogen and oxygen atoms in total. The Morgan fingerprint density at radius 3 is 2.78 bits per heavy atom. The molecule has 0 aromatic carbocycles. The summed E-state index contributed by atoms with van der Waals surface area (Å²) in [6.45, 7) is 7.11. The van der Waals surface area contributed by atoms with Crippen molar-refractivity contribution in [1.82, 2.24) is 9.80 Å². The second-order valence-corrected chi connectivity index (χ2v) is 6.68. The third kappa shape index (κ3) is 2.94. The van der Waals surface area contributed by atoms with Gasteiger partial charge in [0.05, 0.1) is 15.3 Å². The zero-order valence-electron chi connectivity index (χ0n) is 11.0. The fourth-order valence-electron chi connectivity index (χ4n) is 2.25. The highest BCUT2D eigenvalue weighted by Gasteiger charge is 2.28. The number of thiophene rings is 1. The first-order chi connectivity index (χ1) is 8.49. The average Bonchev–Trinajstić information content (AvgIpc) is 2.77. The van der Waals surface area contributed by atoms with E-state index in [-0.39, 0.29) is 11.8 Å². The number of carbonyl (C=O) groups excluding carboxylic acids is 1. The van der Waals surface area contributed by atoms with Crippen LogP contribution in [0, 0.1) is 0 Å². The van der Waals surface area contributed by atoms with Gasteiger partial charge in [-0.25, -0.2) is 0 Å². The van der Waals surface area contributed by atoms with Gasteiger partial charge in [-0.05, 0) is 33.0 Å². The molecule has 5 heteroatoms. The SMILES string of the molecule is CC1CN(C(C)C(=O)c2ccc(Cl)s2)CCN1C. The second kappa shape index (κ2) is 5.70. The molecule has 18 heavy (non-hydrogen) atoms. The van der Waals surface area contributed by atoms with Crippen LogP contribution in [-0.2, 0) is 0 Å². The lowest BCUT2D eigenvalue weighted by Gasteiger charge is -2.40. The summed E-state index contributed by atoms with van der Waals surface area (Å²) in [4.78, 5) is 17.7. The van der Waals surface area contributed by atoms with Crippen molar-refractivity contribution >= 4 is 28.7 Å². The first kappa shape index (κ1) is 14.0. The molecule has 0 spiro atoms. The van der Waals surface area contributed by atoms with Crippen molar-refractivity contribution in [3.63, 3.8) is 0 Å². The number of ketones is 1. The standard InChI is InChI=1S/C13H19ClN2OS/c1-9-8-16(7-6-15(9)3)10(2)13(17)11-4-5-12(14)18-11/h4-5,9-10H,6-8H2,1-3H3. The van der Waals surface area contributed by atoms with Crippen molar-refractivity contribution in [3.05, 3.63) is 21.3 Å². The van der Waals surface area contributed by atoms with E-state index in [9.17, 15) is 4.79 Å². The summed E-state index contributed by atoms with van der Waals surface area (Å²) in [7, 11) is 2.13. The van der Waals surface area contributed by atoms with E-state index in [1.165, 1.54) is 11.3 Å². The lowest BCUT2D eigenvalue weighted by molar-refractivity contribution is 0.0606. The molecule has 0 radical (unpaired) electrons. The molecule has 2 atom stereocenters. The van der Waals surface area contributed by atoms with Gasteiger partial charge in [-0.15, -0.1) is 11.3 Å². The molecular formula is C13H19ClN2OS. The van der Waals surface area contributed by atoms with Gasteiger partial charge >= 0.3 is 0 Å². The highest BCUT2D eigenvalue weighted by atomic mass is 35.5. The Morgan fingerprint density at radius 1 is 1.50 bits per heavy atom. The molecule has 1 aromatic rings. The Labute approximate surface area is 117 Å². The number of piperazine rings is 1. The molecule has 0 N–H and O–H groups in total. The van der Waals surface area contributed by atoms with Crippen molar-refractivity contribution in [2.75, 3.05) is 26.7 Å². The Bertz CT molecular complexity index is 434. The summed E-state index contributed by atoms with van der Waals surface area (Å²) in [6.07, 6.45) is 0. The maximum absolute atomic E-state index is 12.3. The van der Waals surface area contributed by atoms with E-state index < -0.39 is 0 Å². The van der Waals surface area contributed by atoms with Crippen LogP contribution in [0.1, 0.15) is 23.5 Å². The Balaban J connectivity index is 2.03. The van der Waals surface area contributed by atoms with Gasteiger partial charge in [0.25, 0.3) is 0 Å². The summed E-state index contributed by atoms with van der Waals surface area (Å²) in [5.41, 5.74) is 0. The molecule has 2 unspecified atom stereocenters. The maximum atomic E-state index is 12.3. The number of Topliss-reactive ketones (excluding diaryl/α,β-unsaturated/α-hetero) is 1. The van der Waals surface area contributed by atoms with Crippen LogP contribution in [0.3, 0.4) is 0 Å². The van der Waals surface area contributed by atoms with Crippen LogP contribution < -0.4 is 0 Å². The van der Waals surface area contributed by atoms with Crippen molar-refractivity contribution in [1.29, 1.82) is 0 Å². The van der Waals surface area contributed by atoms with Gasteiger partial charge < -0.3 is 4.90 Å². The monoisotopic (exact) mass is 286 g/mol.